The first-order valence-corrected chi connectivity index (χ1v) is 7.95. The molecule has 1 amide bonds. The number of allylic oxidation sites excluding steroid dienone is 3. The highest BCUT2D eigenvalue weighted by Crippen LogP contribution is 2.27. The molecule has 24 heavy (non-hydrogen) atoms. The van der Waals surface area contributed by atoms with E-state index in [0.717, 1.165) is 29.7 Å². The Morgan fingerprint density at radius 1 is 1.38 bits per heavy atom. The SMILES string of the molecule is C=C(C)[C@H]1CC=C(C)/C(=N\NC(=O)COc2ccccc2OC)C1. The molecule has 0 fully saturated rings. The molecule has 1 atom stereocenters. The number of hydrogen-bond donors (Lipinski definition) is 1. The van der Waals surface area contributed by atoms with Crippen LogP contribution in [0.2, 0.25) is 0 Å². The largest absolute Gasteiger partial charge is 0.493 e. The zero-order valence-corrected chi connectivity index (χ0v) is 14.5. The van der Waals surface area contributed by atoms with Crippen molar-refractivity contribution >= 4 is 11.6 Å². The summed E-state index contributed by atoms with van der Waals surface area (Å²) in [6.07, 6.45) is 3.91. The summed E-state index contributed by atoms with van der Waals surface area (Å²) in [6, 6.07) is 7.20. The summed E-state index contributed by atoms with van der Waals surface area (Å²) < 4.78 is 10.7. The van der Waals surface area contributed by atoms with Gasteiger partial charge in [-0.2, -0.15) is 5.10 Å². The molecule has 1 aromatic carbocycles. The number of amides is 1. The maximum atomic E-state index is 12.0. The van der Waals surface area contributed by atoms with E-state index in [9.17, 15) is 4.79 Å². The lowest BCUT2D eigenvalue weighted by atomic mass is 9.85. The van der Waals surface area contributed by atoms with E-state index in [2.05, 4.69) is 23.2 Å². The van der Waals surface area contributed by atoms with Crippen molar-refractivity contribution in [1.29, 1.82) is 0 Å². The van der Waals surface area contributed by atoms with Crippen LogP contribution in [0, 0.1) is 5.92 Å². The molecule has 0 aromatic heterocycles. The van der Waals surface area contributed by atoms with Gasteiger partial charge in [0, 0.05) is 0 Å². The Balaban J connectivity index is 1.91. The van der Waals surface area contributed by atoms with Crippen LogP contribution in [0.25, 0.3) is 0 Å². The number of carbonyl (C=O) groups excluding carboxylic acids is 1. The smallest absolute Gasteiger partial charge is 0.277 e. The second-order valence-electron chi connectivity index (χ2n) is 5.90. The molecule has 0 radical (unpaired) electrons. The molecule has 1 N–H and O–H groups in total. The highest BCUT2D eigenvalue weighted by Gasteiger charge is 2.18. The summed E-state index contributed by atoms with van der Waals surface area (Å²) >= 11 is 0. The van der Waals surface area contributed by atoms with Crippen molar-refractivity contribution in [2.45, 2.75) is 26.7 Å². The summed E-state index contributed by atoms with van der Waals surface area (Å²) in [7, 11) is 1.56. The van der Waals surface area contributed by atoms with Gasteiger partial charge in [-0.25, -0.2) is 5.43 Å². The first-order chi connectivity index (χ1) is 11.5. The Morgan fingerprint density at radius 2 is 2.08 bits per heavy atom. The molecule has 0 spiro atoms. The van der Waals surface area contributed by atoms with Crippen LogP contribution >= 0.6 is 0 Å². The highest BCUT2D eigenvalue weighted by atomic mass is 16.5. The summed E-state index contributed by atoms with van der Waals surface area (Å²) in [5.74, 6) is 1.19. The van der Waals surface area contributed by atoms with E-state index in [-0.39, 0.29) is 12.5 Å². The molecular weight excluding hydrogens is 304 g/mol. The average molecular weight is 328 g/mol. The minimum absolute atomic E-state index is 0.121. The topological polar surface area (TPSA) is 59.9 Å². The number of ether oxygens (including phenoxy) is 2. The lowest BCUT2D eigenvalue weighted by molar-refractivity contribution is -0.123. The Hall–Kier alpha value is -2.56. The van der Waals surface area contributed by atoms with Crippen molar-refractivity contribution in [3.63, 3.8) is 0 Å². The Labute approximate surface area is 143 Å². The summed E-state index contributed by atoms with van der Waals surface area (Å²) in [5, 5.41) is 4.25. The number of hydrogen-bond acceptors (Lipinski definition) is 4. The molecule has 0 saturated heterocycles. The number of rotatable bonds is 6. The lowest BCUT2D eigenvalue weighted by Gasteiger charge is -2.22. The molecule has 5 nitrogen and oxygen atoms in total. The molecule has 5 heteroatoms. The van der Waals surface area contributed by atoms with Crippen molar-refractivity contribution < 1.29 is 14.3 Å². The van der Waals surface area contributed by atoms with Gasteiger partial charge in [-0.3, -0.25) is 4.79 Å². The molecular formula is C19H24N2O3. The van der Waals surface area contributed by atoms with Crippen molar-refractivity contribution in [3.8, 4) is 11.5 Å². The van der Waals surface area contributed by atoms with Crippen molar-refractivity contribution in [2.75, 3.05) is 13.7 Å². The number of para-hydroxylation sites is 2. The van der Waals surface area contributed by atoms with E-state index in [4.69, 9.17) is 9.47 Å². The van der Waals surface area contributed by atoms with E-state index in [0.29, 0.717) is 17.4 Å². The number of nitrogens with zero attached hydrogens (tertiary/aromatic N) is 1. The minimum atomic E-state index is -0.307. The van der Waals surface area contributed by atoms with Crippen LogP contribution in [0.15, 0.2) is 53.2 Å². The van der Waals surface area contributed by atoms with Gasteiger partial charge in [0.05, 0.1) is 12.8 Å². The minimum Gasteiger partial charge on any atom is -0.493 e. The van der Waals surface area contributed by atoms with Gasteiger partial charge in [0.15, 0.2) is 18.1 Å². The third-order valence-corrected chi connectivity index (χ3v) is 4.04. The van der Waals surface area contributed by atoms with Crippen LogP contribution in [0.5, 0.6) is 11.5 Å². The number of nitrogens with one attached hydrogen (secondary N) is 1. The van der Waals surface area contributed by atoms with Gasteiger partial charge in [0.1, 0.15) is 0 Å². The first kappa shape index (κ1) is 17.8. The van der Waals surface area contributed by atoms with E-state index >= 15 is 0 Å². The van der Waals surface area contributed by atoms with Gasteiger partial charge >= 0.3 is 0 Å². The molecule has 0 saturated carbocycles. The van der Waals surface area contributed by atoms with Crippen LogP contribution in [0.1, 0.15) is 26.7 Å². The van der Waals surface area contributed by atoms with E-state index < -0.39 is 0 Å². The molecule has 0 aliphatic heterocycles. The predicted molar refractivity (Wildman–Crippen MR) is 95.4 cm³/mol. The maximum absolute atomic E-state index is 12.0. The Morgan fingerprint density at radius 3 is 2.75 bits per heavy atom. The number of carbonyl (C=O) groups is 1. The Bertz CT molecular complexity index is 677. The fraction of sp³-hybridized carbons (Fsp3) is 0.368. The summed E-state index contributed by atoms with van der Waals surface area (Å²) in [6.45, 7) is 7.92. The maximum Gasteiger partial charge on any atom is 0.277 e. The number of hydrazone groups is 1. The monoisotopic (exact) mass is 328 g/mol. The van der Waals surface area contributed by atoms with Crippen molar-refractivity contribution in [1.82, 2.24) is 5.43 Å². The van der Waals surface area contributed by atoms with Gasteiger partial charge in [-0.1, -0.05) is 30.4 Å². The molecule has 0 unspecified atom stereocenters. The second kappa shape index (κ2) is 8.34. The van der Waals surface area contributed by atoms with E-state index in [1.165, 1.54) is 0 Å². The molecule has 0 heterocycles. The summed E-state index contributed by atoms with van der Waals surface area (Å²) in [4.78, 5) is 12.0. The van der Waals surface area contributed by atoms with Crippen LogP contribution in [0.3, 0.4) is 0 Å². The zero-order chi connectivity index (χ0) is 17.5. The van der Waals surface area contributed by atoms with Crippen LogP contribution in [-0.4, -0.2) is 25.3 Å². The van der Waals surface area contributed by atoms with E-state index in [1.54, 1.807) is 19.2 Å². The third kappa shape index (κ3) is 4.72. The molecule has 1 aromatic rings. The average Bonchev–Trinajstić information content (AvgIpc) is 2.59. The molecule has 0 bridgehead atoms. The van der Waals surface area contributed by atoms with E-state index in [1.807, 2.05) is 26.0 Å². The Kier molecular flexibility index (Phi) is 6.18. The number of benzene rings is 1. The lowest BCUT2D eigenvalue weighted by Crippen LogP contribution is -2.27. The molecule has 128 valence electrons. The van der Waals surface area contributed by atoms with Gasteiger partial charge < -0.3 is 9.47 Å². The van der Waals surface area contributed by atoms with Gasteiger partial charge in [0.2, 0.25) is 0 Å². The standard InChI is InChI=1S/C19H24N2O3/c1-13(2)15-10-9-14(3)16(11-15)20-21-19(22)12-24-18-8-6-5-7-17(18)23-4/h5-9,15H,1,10-12H2,2-4H3,(H,21,22)/b20-16-/t15-/m0/s1. The molecule has 2 rings (SSSR count). The van der Waals surface area contributed by atoms with Crippen LogP contribution in [-0.2, 0) is 4.79 Å². The van der Waals surface area contributed by atoms with Crippen LogP contribution < -0.4 is 14.9 Å². The molecule has 1 aliphatic rings. The summed E-state index contributed by atoms with van der Waals surface area (Å²) in [5.41, 5.74) is 5.68. The highest BCUT2D eigenvalue weighted by molar-refractivity contribution is 6.01. The molecule has 1 aliphatic carbocycles. The van der Waals surface area contributed by atoms with Gasteiger partial charge in [-0.15, -0.1) is 0 Å². The fourth-order valence-electron chi connectivity index (χ4n) is 2.47. The zero-order valence-electron chi connectivity index (χ0n) is 14.5. The van der Waals surface area contributed by atoms with Crippen molar-refractivity contribution in [3.05, 3.63) is 48.1 Å². The second-order valence-corrected chi connectivity index (χ2v) is 5.90. The quantitative estimate of drug-likeness (QED) is 0.642. The third-order valence-electron chi connectivity index (χ3n) is 4.04. The normalized spacial score (nSPS) is 18.7. The van der Waals surface area contributed by atoms with Gasteiger partial charge in [-0.05, 0) is 50.3 Å². The van der Waals surface area contributed by atoms with Gasteiger partial charge in [0.25, 0.3) is 5.91 Å². The number of methoxy groups -OCH3 is 1. The first-order valence-electron chi connectivity index (χ1n) is 7.95. The van der Waals surface area contributed by atoms with Crippen molar-refractivity contribution in [2.24, 2.45) is 11.0 Å². The predicted octanol–water partition coefficient (Wildman–Crippen LogP) is 3.48. The fourth-order valence-corrected chi connectivity index (χ4v) is 2.47. The van der Waals surface area contributed by atoms with Crippen LogP contribution in [0.4, 0.5) is 0 Å².